The third-order valence-electron chi connectivity index (χ3n) is 5.10. The van der Waals surface area contributed by atoms with Crippen molar-refractivity contribution in [1.29, 1.82) is 0 Å². The van der Waals surface area contributed by atoms with Crippen LogP contribution in [0.4, 0.5) is 10.7 Å². The number of hydrogen-bond acceptors (Lipinski definition) is 6. The second-order valence-electron chi connectivity index (χ2n) is 7.04. The van der Waals surface area contributed by atoms with Gasteiger partial charge in [-0.25, -0.2) is 9.78 Å². The van der Waals surface area contributed by atoms with Crippen molar-refractivity contribution in [2.75, 3.05) is 12.4 Å². The van der Waals surface area contributed by atoms with Gasteiger partial charge in [0.15, 0.2) is 5.52 Å². The number of anilines is 1. The van der Waals surface area contributed by atoms with Crippen LogP contribution >= 0.6 is 0 Å². The summed E-state index contributed by atoms with van der Waals surface area (Å²) in [6.07, 6.45) is 3.87. The average Bonchev–Trinajstić information content (AvgIpc) is 3.04. The second-order valence-corrected chi connectivity index (χ2v) is 7.04. The number of amides is 1. The molecule has 4 rings (SSSR count). The second kappa shape index (κ2) is 7.92. The summed E-state index contributed by atoms with van der Waals surface area (Å²) in [6.45, 7) is 1.11. The summed E-state index contributed by atoms with van der Waals surface area (Å²) < 4.78 is 7.07. The van der Waals surface area contributed by atoms with Crippen LogP contribution in [0.5, 0.6) is 5.75 Å². The maximum Gasteiger partial charge on any atom is 0.411 e. The monoisotopic (exact) mass is 398 g/mol. The molecule has 1 fully saturated rings. The molecule has 10 heteroatoms. The number of aromatic amines is 1. The van der Waals surface area contributed by atoms with Gasteiger partial charge >= 0.3 is 6.09 Å². The first-order valence-electron chi connectivity index (χ1n) is 9.38. The molecule has 3 aromatic rings. The Morgan fingerprint density at radius 3 is 2.93 bits per heavy atom. The van der Waals surface area contributed by atoms with Crippen LogP contribution in [0.15, 0.2) is 29.2 Å². The normalized spacial score (nSPS) is 14.0. The molecular weight excluding hydrogens is 376 g/mol. The van der Waals surface area contributed by atoms with E-state index < -0.39 is 11.7 Å². The zero-order valence-electron chi connectivity index (χ0n) is 15.9. The Bertz CT molecular complexity index is 1100. The fraction of sp³-hybridized carbons (Fsp3) is 0.368. The third-order valence-corrected chi connectivity index (χ3v) is 5.10. The molecule has 152 valence electrons. The minimum absolute atomic E-state index is 0.143. The van der Waals surface area contributed by atoms with Crippen LogP contribution in [0, 0.1) is 0 Å². The molecule has 2 heterocycles. The summed E-state index contributed by atoms with van der Waals surface area (Å²) >= 11 is 0. The number of carboxylic acid groups (broad SMARTS) is 1. The van der Waals surface area contributed by atoms with Crippen LogP contribution in [0.25, 0.3) is 11.0 Å². The Balaban J connectivity index is 1.57. The highest BCUT2D eigenvalue weighted by molar-refractivity contribution is 5.82. The highest BCUT2D eigenvalue weighted by atomic mass is 16.5. The van der Waals surface area contributed by atoms with Crippen molar-refractivity contribution in [1.82, 2.24) is 25.1 Å². The van der Waals surface area contributed by atoms with Gasteiger partial charge in [0.05, 0.1) is 19.9 Å². The van der Waals surface area contributed by atoms with Gasteiger partial charge in [-0.05, 0) is 24.5 Å². The van der Waals surface area contributed by atoms with Crippen molar-refractivity contribution >= 4 is 23.1 Å². The number of aromatic nitrogens is 4. The van der Waals surface area contributed by atoms with Crippen molar-refractivity contribution in [2.24, 2.45) is 0 Å². The van der Waals surface area contributed by atoms with Crippen LogP contribution < -0.4 is 20.9 Å². The number of ether oxygens (including phenoxy) is 1. The number of nitrogens with one attached hydrogen (secondary N) is 3. The van der Waals surface area contributed by atoms with Gasteiger partial charge in [-0.2, -0.15) is 5.10 Å². The van der Waals surface area contributed by atoms with Crippen molar-refractivity contribution < 1.29 is 14.6 Å². The number of nitrogens with zero attached hydrogens (tertiary/aromatic N) is 3. The lowest BCUT2D eigenvalue weighted by atomic mass is 9.93. The van der Waals surface area contributed by atoms with Crippen molar-refractivity contribution in [3.8, 4) is 5.75 Å². The minimum atomic E-state index is -1.31. The number of carbonyl (C=O) groups is 1. The minimum Gasteiger partial charge on any atom is -0.496 e. The molecule has 1 amide bonds. The lowest BCUT2D eigenvalue weighted by Gasteiger charge is -2.26. The van der Waals surface area contributed by atoms with E-state index in [4.69, 9.17) is 9.84 Å². The maximum atomic E-state index is 12.4. The van der Waals surface area contributed by atoms with Crippen LogP contribution in [-0.4, -0.2) is 44.1 Å². The number of rotatable bonds is 7. The van der Waals surface area contributed by atoms with Crippen LogP contribution in [0.3, 0.4) is 0 Å². The summed E-state index contributed by atoms with van der Waals surface area (Å²) in [5.74, 6) is 0.575. The summed E-state index contributed by atoms with van der Waals surface area (Å²) in [6, 6.07) is 6.60. The lowest BCUT2D eigenvalue weighted by Crippen LogP contribution is -2.34. The molecule has 1 saturated carbocycles. The Morgan fingerprint density at radius 1 is 1.41 bits per heavy atom. The summed E-state index contributed by atoms with van der Waals surface area (Å²) in [7, 11) is 1.61. The first-order chi connectivity index (χ1) is 14.0. The molecule has 1 aromatic carbocycles. The van der Waals surface area contributed by atoms with E-state index in [0.717, 1.165) is 23.4 Å². The van der Waals surface area contributed by atoms with E-state index in [2.05, 4.69) is 20.4 Å². The topological polar surface area (TPSA) is 134 Å². The molecule has 0 unspecified atom stereocenters. The molecule has 10 nitrogen and oxygen atoms in total. The standard InChI is InChI=1S/C19H22N6O4/c1-29-15-7-11(8-20-13-3-2-4-13)5-6-12(15)10-25-16-14(9-21-25)22-18(23-17(16)26)24-19(27)28/h5-7,9,13,20H,2-4,8,10H2,1H3,(H,27,28)(H2,22,23,24,26). The molecule has 29 heavy (non-hydrogen) atoms. The van der Waals surface area contributed by atoms with Crippen molar-refractivity contribution in [2.45, 2.75) is 38.4 Å². The van der Waals surface area contributed by atoms with Gasteiger partial charge < -0.3 is 15.2 Å². The number of H-pyrrole nitrogens is 1. The highest BCUT2D eigenvalue weighted by Crippen LogP contribution is 2.23. The van der Waals surface area contributed by atoms with E-state index in [1.54, 1.807) is 7.11 Å². The van der Waals surface area contributed by atoms with Gasteiger partial charge in [0.2, 0.25) is 5.95 Å². The molecule has 2 aromatic heterocycles. The number of hydrogen-bond donors (Lipinski definition) is 4. The van der Waals surface area contributed by atoms with Crippen molar-refractivity contribution in [3.63, 3.8) is 0 Å². The molecule has 0 aliphatic heterocycles. The Kier molecular flexibility index (Phi) is 5.17. The largest absolute Gasteiger partial charge is 0.496 e. The van der Waals surface area contributed by atoms with Crippen LogP contribution in [-0.2, 0) is 13.1 Å². The zero-order valence-corrected chi connectivity index (χ0v) is 15.9. The molecule has 1 aliphatic carbocycles. The highest BCUT2D eigenvalue weighted by Gasteiger charge is 2.17. The van der Waals surface area contributed by atoms with Gasteiger partial charge in [0.25, 0.3) is 5.56 Å². The van der Waals surface area contributed by atoms with E-state index in [-0.39, 0.29) is 11.5 Å². The number of fused-ring (bicyclic) bond motifs is 1. The first-order valence-corrected chi connectivity index (χ1v) is 9.38. The predicted molar refractivity (Wildman–Crippen MR) is 106 cm³/mol. The molecule has 0 spiro atoms. The third kappa shape index (κ3) is 4.06. The SMILES string of the molecule is COc1cc(CNC2CCC2)ccc1Cn1ncc2nc(NC(=O)O)[nH]c(=O)c21. The predicted octanol–water partition coefficient (Wildman–Crippen LogP) is 1.91. The van der Waals surface area contributed by atoms with E-state index in [9.17, 15) is 9.59 Å². The average molecular weight is 398 g/mol. The van der Waals surface area contributed by atoms with Crippen LogP contribution in [0.2, 0.25) is 0 Å². The van der Waals surface area contributed by atoms with Crippen molar-refractivity contribution in [3.05, 3.63) is 45.9 Å². The molecule has 1 aliphatic rings. The number of benzene rings is 1. The Labute approximate surface area is 165 Å². The molecule has 0 atom stereocenters. The molecule has 0 saturated heterocycles. The number of methoxy groups -OCH3 is 1. The molecule has 0 bridgehead atoms. The smallest absolute Gasteiger partial charge is 0.411 e. The summed E-state index contributed by atoms with van der Waals surface area (Å²) in [5.41, 5.74) is 2.09. The molecular formula is C19H22N6O4. The van der Waals surface area contributed by atoms with Gasteiger partial charge in [-0.1, -0.05) is 18.6 Å². The molecule has 4 N–H and O–H groups in total. The van der Waals surface area contributed by atoms with E-state index in [1.807, 2.05) is 23.5 Å². The van der Waals surface area contributed by atoms with Gasteiger partial charge in [-0.3, -0.25) is 19.8 Å². The quantitative estimate of drug-likeness (QED) is 0.477. The Hall–Kier alpha value is -3.40. The summed E-state index contributed by atoms with van der Waals surface area (Å²) in [5, 5.41) is 18.6. The fourth-order valence-electron chi connectivity index (χ4n) is 3.35. The van der Waals surface area contributed by atoms with Gasteiger partial charge in [-0.15, -0.1) is 0 Å². The zero-order chi connectivity index (χ0) is 20.4. The lowest BCUT2D eigenvalue weighted by molar-refractivity contribution is 0.209. The fourth-order valence-corrected chi connectivity index (χ4v) is 3.35. The van der Waals surface area contributed by atoms with Gasteiger partial charge in [0.1, 0.15) is 11.3 Å². The Morgan fingerprint density at radius 2 is 2.24 bits per heavy atom. The van der Waals surface area contributed by atoms with E-state index in [1.165, 1.54) is 30.1 Å². The maximum absolute atomic E-state index is 12.4. The van der Waals surface area contributed by atoms with Gasteiger partial charge in [0, 0.05) is 18.2 Å². The van der Waals surface area contributed by atoms with E-state index >= 15 is 0 Å². The first kappa shape index (κ1) is 18.9. The van der Waals surface area contributed by atoms with Crippen LogP contribution in [0.1, 0.15) is 30.4 Å². The molecule has 0 radical (unpaired) electrons. The summed E-state index contributed by atoms with van der Waals surface area (Å²) in [4.78, 5) is 29.7. The van der Waals surface area contributed by atoms with E-state index in [0.29, 0.717) is 18.1 Å².